The fraction of sp³-hybridized carbons (Fsp3) is 0.188. The van der Waals surface area contributed by atoms with Crippen LogP contribution in [0.5, 0.6) is 23.0 Å². The maximum absolute atomic E-state index is 11.7. The average molecular weight is 333 g/mol. The summed E-state index contributed by atoms with van der Waals surface area (Å²) in [6.45, 7) is 0. The van der Waals surface area contributed by atoms with Crippen molar-refractivity contribution in [1.82, 2.24) is 0 Å². The first-order valence-corrected chi connectivity index (χ1v) is 6.76. The van der Waals surface area contributed by atoms with Crippen molar-refractivity contribution in [3.8, 4) is 23.0 Å². The second-order valence-electron chi connectivity index (χ2n) is 4.55. The van der Waals surface area contributed by atoms with Crippen LogP contribution in [-0.4, -0.2) is 32.2 Å². The average Bonchev–Trinajstić information content (AvgIpc) is 2.61. The van der Waals surface area contributed by atoms with Crippen LogP contribution < -0.4 is 14.2 Å². The number of hydrogen-bond donors (Lipinski definition) is 0. The molecule has 2 aromatic rings. The number of nitrogens with zero attached hydrogens (tertiary/aromatic N) is 1. The van der Waals surface area contributed by atoms with Gasteiger partial charge >= 0.3 is 5.97 Å². The highest BCUT2D eigenvalue weighted by Gasteiger charge is 2.19. The van der Waals surface area contributed by atoms with E-state index >= 15 is 0 Å². The van der Waals surface area contributed by atoms with Gasteiger partial charge in [0.15, 0.2) is 11.5 Å². The van der Waals surface area contributed by atoms with Gasteiger partial charge in [0.25, 0.3) is 5.69 Å². The largest absolute Gasteiger partial charge is 0.493 e. The molecule has 0 atom stereocenters. The van der Waals surface area contributed by atoms with Crippen LogP contribution in [0.1, 0.15) is 10.4 Å². The third-order valence-electron chi connectivity index (χ3n) is 3.15. The molecule has 2 rings (SSSR count). The van der Waals surface area contributed by atoms with Crippen molar-refractivity contribution >= 4 is 11.7 Å². The van der Waals surface area contributed by atoms with Crippen LogP contribution in [0.4, 0.5) is 5.69 Å². The minimum absolute atomic E-state index is 0.0534. The number of rotatable bonds is 6. The highest BCUT2D eigenvalue weighted by atomic mass is 16.6. The monoisotopic (exact) mass is 333 g/mol. The Bertz CT molecular complexity index is 731. The molecule has 0 aromatic heterocycles. The molecule has 0 radical (unpaired) electrons. The predicted molar refractivity (Wildman–Crippen MR) is 84.1 cm³/mol. The smallest absolute Gasteiger partial charge is 0.338 e. The Kier molecular flexibility index (Phi) is 5.20. The summed E-state index contributed by atoms with van der Waals surface area (Å²) >= 11 is 0. The van der Waals surface area contributed by atoms with E-state index in [4.69, 9.17) is 14.2 Å². The van der Waals surface area contributed by atoms with E-state index in [-0.39, 0.29) is 28.5 Å². The molecule has 0 aliphatic rings. The highest BCUT2D eigenvalue weighted by Crippen LogP contribution is 2.41. The Morgan fingerprint density at radius 2 is 1.54 bits per heavy atom. The number of esters is 1. The van der Waals surface area contributed by atoms with Crippen molar-refractivity contribution in [2.45, 2.75) is 0 Å². The summed E-state index contributed by atoms with van der Waals surface area (Å²) in [6, 6.07) is 8.44. The van der Waals surface area contributed by atoms with E-state index in [1.165, 1.54) is 57.7 Å². The van der Waals surface area contributed by atoms with Crippen LogP contribution in [0.2, 0.25) is 0 Å². The molecule has 0 bridgehead atoms. The van der Waals surface area contributed by atoms with Gasteiger partial charge in [-0.2, -0.15) is 0 Å². The van der Waals surface area contributed by atoms with E-state index in [1.54, 1.807) is 0 Å². The molecule has 0 aliphatic heterocycles. The Morgan fingerprint density at radius 1 is 1.00 bits per heavy atom. The van der Waals surface area contributed by atoms with E-state index in [0.717, 1.165) is 0 Å². The van der Waals surface area contributed by atoms with E-state index in [9.17, 15) is 14.9 Å². The maximum Gasteiger partial charge on any atom is 0.338 e. The molecule has 8 heteroatoms. The number of carbonyl (C=O) groups is 1. The van der Waals surface area contributed by atoms with Crippen molar-refractivity contribution < 1.29 is 28.7 Å². The van der Waals surface area contributed by atoms with Crippen LogP contribution in [0, 0.1) is 10.1 Å². The Labute approximate surface area is 137 Å². The molecule has 8 nitrogen and oxygen atoms in total. The van der Waals surface area contributed by atoms with Gasteiger partial charge in [-0.1, -0.05) is 0 Å². The van der Waals surface area contributed by atoms with Gasteiger partial charge in [-0.3, -0.25) is 10.1 Å². The molecule has 126 valence electrons. The summed E-state index contributed by atoms with van der Waals surface area (Å²) in [5, 5.41) is 10.7. The van der Waals surface area contributed by atoms with Gasteiger partial charge in [-0.25, -0.2) is 4.79 Å². The standard InChI is InChI=1S/C16H15NO7/c1-21-13-8-10(16(18)23-3)9-14(22-2)15(13)24-12-6-4-11(5-7-12)17(19)20/h4-9H,1-3H3. The fourth-order valence-corrected chi connectivity index (χ4v) is 1.97. The molecule has 2 aromatic carbocycles. The number of methoxy groups -OCH3 is 3. The normalized spacial score (nSPS) is 9.96. The summed E-state index contributed by atoms with van der Waals surface area (Å²) in [7, 11) is 4.10. The Hall–Kier alpha value is -3.29. The summed E-state index contributed by atoms with van der Waals surface area (Å²) in [5.41, 5.74) is 0.185. The van der Waals surface area contributed by atoms with Crippen LogP contribution >= 0.6 is 0 Å². The summed E-state index contributed by atoms with van der Waals surface area (Å²) in [4.78, 5) is 21.9. The number of carbonyl (C=O) groups excluding carboxylic acids is 1. The predicted octanol–water partition coefficient (Wildman–Crippen LogP) is 3.19. The van der Waals surface area contributed by atoms with Gasteiger partial charge in [0.2, 0.25) is 5.75 Å². The Balaban J connectivity index is 2.41. The van der Waals surface area contributed by atoms with Crippen molar-refractivity contribution in [2.75, 3.05) is 21.3 Å². The summed E-state index contributed by atoms with van der Waals surface area (Å²) < 4.78 is 20.8. The fourth-order valence-electron chi connectivity index (χ4n) is 1.97. The first-order chi connectivity index (χ1) is 11.5. The summed E-state index contributed by atoms with van der Waals surface area (Å²) in [5.74, 6) is 0.555. The number of benzene rings is 2. The lowest BCUT2D eigenvalue weighted by molar-refractivity contribution is -0.384. The first-order valence-electron chi connectivity index (χ1n) is 6.76. The second-order valence-corrected chi connectivity index (χ2v) is 4.55. The van der Waals surface area contributed by atoms with Gasteiger partial charge in [0.1, 0.15) is 5.75 Å². The van der Waals surface area contributed by atoms with Crippen molar-refractivity contribution in [3.63, 3.8) is 0 Å². The molecule has 24 heavy (non-hydrogen) atoms. The Morgan fingerprint density at radius 3 is 1.96 bits per heavy atom. The van der Waals surface area contributed by atoms with Crippen molar-refractivity contribution in [1.29, 1.82) is 0 Å². The van der Waals surface area contributed by atoms with Crippen LogP contribution in [0.3, 0.4) is 0 Å². The zero-order chi connectivity index (χ0) is 17.7. The SMILES string of the molecule is COC(=O)c1cc(OC)c(Oc2ccc([N+](=O)[O-])cc2)c(OC)c1. The molecule has 0 heterocycles. The number of ether oxygens (including phenoxy) is 4. The van der Waals surface area contributed by atoms with Crippen LogP contribution in [0.15, 0.2) is 36.4 Å². The van der Waals surface area contributed by atoms with E-state index in [0.29, 0.717) is 5.75 Å². The van der Waals surface area contributed by atoms with Gasteiger partial charge < -0.3 is 18.9 Å². The number of hydrogen-bond acceptors (Lipinski definition) is 7. The number of nitro groups is 1. The number of non-ortho nitro benzene ring substituents is 1. The maximum atomic E-state index is 11.7. The number of nitro benzene ring substituents is 1. The van der Waals surface area contributed by atoms with Gasteiger partial charge in [0.05, 0.1) is 31.8 Å². The third kappa shape index (κ3) is 3.54. The zero-order valence-corrected chi connectivity index (χ0v) is 13.3. The van der Waals surface area contributed by atoms with Crippen LogP contribution in [0.25, 0.3) is 0 Å². The quantitative estimate of drug-likeness (QED) is 0.455. The third-order valence-corrected chi connectivity index (χ3v) is 3.15. The molecule has 0 fully saturated rings. The lowest BCUT2D eigenvalue weighted by Crippen LogP contribution is -2.04. The first kappa shape index (κ1) is 17.1. The van der Waals surface area contributed by atoms with E-state index in [2.05, 4.69) is 4.74 Å². The summed E-state index contributed by atoms with van der Waals surface area (Å²) in [6.07, 6.45) is 0. The molecule has 0 N–H and O–H groups in total. The van der Waals surface area contributed by atoms with Crippen molar-refractivity contribution in [2.24, 2.45) is 0 Å². The minimum Gasteiger partial charge on any atom is -0.493 e. The van der Waals surface area contributed by atoms with E-state index in [1.807, 2.05) is 0 Å². The molecule has 0 saturated carbocycles. The molecular formula is C16H15NO7. The lowest BCUT2D eigenvalue weighted by atomic mass is 10.2. The van der Waals surface area contributed by atoms with Crippen LogP contribution in [-0.2, 0) is 4.74 Å². The van der Waals surface area contributed by atoms with E-state index < -0.39 is 10.9 Å². The molecule has 0 saturated heterocycles. The lowest BCUT2D eigenvalue weighted by Gasteiger charge is -2.15. The zero-order valence-electron chi connectivity index (χ0n) is 13.3. The highest BCUT2D eigenvalue weighted by molar-refractivity contribution is 5.91. The van der Waals surface area contributed by atoms with Crippen molar-refractivity contribution in [3.05, 3.63) is 52.1 Å². The molecular weight excluding hydrogens is 318 g/mol. The molecule has 0 aliphatic carbocycles. The van der Waals surface area contributed by atoms with Gasteiger partial charge in [0, 0.05) is 12.1 Å². The molecule has 0 spiro atoms. The molecule has 0 unspecified atom stereocenters. The topological polar surface area (TPSA) is 97.1 Å². The molecule has 0 amide bonds. The van der Waals surface area contributed by atoms with Gasteiger partial charge in [-0.15, -0.1) is 0 Å². The minimum atomic E-state index is -0.548. The second kappa shape index (κ2) is 7.32. The van der Waals surface area contributed by atoms with Gasteiger partial charge in [-0.05, 0) is 24.3 Å².